The molecule has 0 unspecified atom stereocenters. The number of hydrogen-bond acceptors (Lipinski definition) is 4. The first-order valence-electron chi connectivity index (χ1n) is 12.7. The zero-order valence-corrected chi connectivity index (χ0v) is 21.3. The number of aliphatic carboxylic acids is 1. The summed E-state index contributed by atoms with van der Waals surface area (Å²) in [5.41, 5.74) is 4.44. The molecule has 0 radical (unpaired) electrons. The van der Waals surface area contributed by atoms with Crippen molar-refractivity contribution in [2.24, 2.45) is 0 Å². The smallest absolute Gasteiger partial charge is 0.408 e. The Bertz CT molecular complexity index is 1360. The third-order valence-corrected chi connectivity index (χ3v) is 6.22. The Morgan fingerprint density at radius 2 is 1.08 bits per heavy atom. The number of benzene rings is 4. The van der Waals surface area contributed by atoms with Gasteiger partial charge in [0, 0.05) is 12.8 Å². The molecular formula is C32H30N2O5. The van der Waals surface area contributed by atoms with E-state index in [9.17, 15) is 19.5 Å². The van der Waals surface area contributed by atoms with E-state index in [1.807, 2.05) is 115 Å². The van der Waals surface area contributed by atoms with Crippen molar-refractivity contribution >= 4 is 18.0 Å². The van der Waals surface area contributed by atoms with Crippen LogP contribution in [0, 0.1) is 0 Å². The number of hydrogen-bond donors (Lipinski definition) is 3. The van der Waals surface area contributed by atoms with Gasteiger partial charge in [-0.15, -0.1) is 0 Å². The van der Waals surface area contributed by atoms with Crippen molar-refractivity contribution < 1.29 is 24.2 Å². The van der Waals surface area contributed by atoms with Crippen molar-refractivity contribution in [2.75, 3.05) is 0 Å². The monoisotopic (exact) mass is 522 g/mol. The van der Waals surface area contributed by atoms with Gasteiger partial charge in [0.15, 0.2) is 0 Å². The standard InChI is InChI=1S/C32H30N2O5/c35-30(33-29(31(36)37)21-24-16-18-27(19-17-24)26-14-8-3-9-15-26)28(20-23-10-4-1-5-11-23)34-32(38)39-22-25-12-6-2-7-13-25/h1-19,28-29H,20-22H2,(H,33,35)(H,34,38)(H,36,37)/t28-,29-/m1/s1. The Morgan fingerprint density at radius 3 is 1.67 bits per heavy atom. The number of carbonyl (C=O) groups excluding carboxylic acids is 2. The lowest BCUT2D eigenvalue weighted by molar-refractivity contribution is -0.142. The molecule has 4 aromatic rings. The van der Waals surface area contributed by atoms with Gasteiger partial charge < -0.3 is 20.5 Å². The highest BCUT2D eigenvalue weighted by Gasteiger charge is 2.27. The van der Waals surface area contributed by atoms with E-state index < -0.39 is 30.1 Å². The molecule has 4 aromatic carbocycles. The molecular weight excluding hydrogens is 492 g/mol. The van der Waals surface area contributed by atoms with E-state index in [1.165, 1.54) is 0 Å². The van der Waals surface area contributed by atoms with E-state index in [4.69, 9.17) is 4.74 Å². The van der Waals surface area contributed by atoms with Gasteiger partial charge in [-0.1, -0.05) is 115 Å². The van der Waals surface area contributed by atoms with Crippen LogP contribution < -0.4 is 10.6 Å². The van der Waals surface area contributed by atoms with Gasteiger partial charge in [-0.2, -0.15) is 0 Å². The highest BCUT2D eigenvalue weighted by atomic mass is 16.5. The maximum absolute atomic E-state index is 13.3. The van der Waals surface area contributed by atoms with Crippen LogP contribution in [0.1, 0.15) is 16.7 Å². The van der Waals surface area contributed by atoms with Crippen LogP contribution in [0.5, 0.6) is 0 Å². The molecule has 0 aromatic heterocycles. The van der Waals surface area contributed by atoms with E-state index >= 15 is 0 Å². The van der Waals surface area contributed by atoms with E-state index in [-0.39, 0.29) is 19.4 Å². The second kappa shape index (κ2) is 13.6. The van der Waals surface area contributed by atoms with Crippen molar-refractivity contribution in [3.63, 3.8) is 0 Å². The highest BCUT2D eigenvalue weighted by Crippen LogP contribution is 2.20. The second-order valence-corrected chi connectivity index (χ2v) is 9.11. The van der Waals surface area contributed by atoms with Gasteiger partial charge >= 0.3 is 12.1 Å². The Labute approximate surface area is 227 Å². The predicted octanol–water partition coefficient (Wildman–Crippen LogP) is 5.00. The molecule has 0 heterocycles. The van der Waals surface area contributed by atoms with Crippen LogP contribution in [0.25, 0.3) is 11.1 Å². The molecule has 7 nitrogen and oxygen atoms in total. The first-order valence-corrected chi connectivity index (χ1v) is 12.7. The second-order valence-electron chi connectivity index (χ2n) is 9.11. The molecule has 0 saturated carbocycles. The van der Waals surface area contributed by atoms with Crippen LogP contribution in [0.3, 0.4) is 0 Å². The molecule has 3 N–H and O–H groups in total. The molecule has 0 saturated heterocycles. The molecule has 4 rings (SSSR count). The van der Waals surface area contributed by atoms with Crippen molar-refractivity contribution in [1.82, 2.24) is 10.6 Å². The van der Waals surface area contributed by atoms with E-state index in [1.54, 1.807) is 0 Å². The van der Waals surface area contributed by atoms with Gasteiger partial charge in [-0.05, 0) is 27.8 Å². The number of carbonyl (C=O) groups is 3. The molecule has 2 amide bonds. The SMILES string of the molecule is O=C(N[C@H](Cc1ccccc1)C(=O)N[C@H](Cc1ccc(-c2ccccc2)cc1)C(=O)O)OCc1ccccc1. The van der Waals surface area contributed by atoms with Crippen LogP contribution in [0.15, 0.2) is 115 Å². The molecule has 0 bridgehead atoms. The fourth-order valence-electron chi connectivity index (χ4n) is 4.14. The topological polar surface area (TPSA) is 105 Å². The van der Waals surface area contributed by atoms with E-state index in [0.29, 0.717) is 0 Å². The van der Waals surface area contributed by atoms with Gasteiger partial charge in [0.1, 0.15) is 18.7 Å². The summed E-state index contributed by atoms with van der Waals surface area (Å²) in [4.78, 5) is 37.9. The summed E-state index contributed by atoms with van der Waals surface area (Å²) in [6.45, 7) is 0.0447. The van der Waals surface area contributed by atoms with E-state index in [2.05, 4.69) is 10.6 Å². The Balaban J connectivity index is 1.42. The fraction of sp³-hybridized carbons (Fsp3) is 0.156. The summed E-state index contributed by atoms with van der Waals surface area (Å²) in [5.74, 6) is -1.77. The zero-order valence-electron chi connectivity index (χ0n) is 21.3. The maximum atomic E-state index is 13.3. The lowest BCUT2D eigenvalue weighted by Crippen LogP contribution is -2.53. The molecule has 0 fully saturated rings. The fourth-order valence-corrected chi connectivity index (χ4v) is 4.14. The maximum Gasteiger partial charge on any atom is 0.408 e. The lowest BCUT2D eigenvalue weighted by Gasteiger charge is -2.22. The third-order valence-electron chi connectivity index (χ3n) is 6.22. The van der Waals surface area contributed by atoms with Crippen LogP contribution in [-0.4, -0.2) is 35.2 Å². The van der Waals surface area contributed by atoms with Crippen LogP contribution in [0.4, 0.5) is 4.79 Å². The zero-order chi connectivity index (χ0) is 27.5. The van der Waals surface area contributed by atoms with Gasteiger partial charge in [0.05, 0.1) is 0 Å². The molecule has 2 atom stereocenters. The molecule has 198 valence electrons. The molecule has 7 heteroatoms. The van der Waals surface area contributed by atoms with Crippen LogP contribution in [-0.2, 0) is 33.8 Å². The van der Waals surface area contributed by atoms with Gasteiger partial charge in [0.2, 0.25) is 5.91 Å². The number of rotatable bonds is 11. The Hall–Kier alpha value is -4.91. The number of amides is 2. The number of ether oxygens (including phenoxy) is 1. The minimum absolute atomic E-state index is 0.0447. The normalized spacial score (nSPS) is 12.1. The van der Waals surface area contributed by atoms with Gasteiger partial charge in [0.25, 0.3) is 0 Å². The van der Waals surface area contributed by atoms with Gasteiger partial charge in [-0.25, -0.2) is 9.59 Å². The third kappa shape index (κ3) is 8.30. The molecule has 0 aliphatic carbocycles. The minimum Gasteiger partial charge on any atom is -0.480 e. The number of carboxylic acids is 1. The summed E-state index contributed by atoms with van der Waals surface area (Å²) in [7, 11) is 0. The first kappa shape index (κ1) is 27.1. The first-order chi connectivity index (χ1) is 19.0. The van der Waals surface area contributed by atoms with E-state index in [0.717, 1.165) is 27.8 Å². The molecule has 0 aliphatic heterocycles. The number of alkyl carbamates (subject to hydrolysis) is 1. The van der Waals surface area contributed by atoms with Crippen molar-refractivity contribution in [2.45, 2.75) is 31.5 Å². The largest absolute Gasteiger partial charge is 0.480 e. The van der Waals surface area contributed by atoms with Crippen LogP contribution >= 0.6 is 0 Å². The number of nitrogens with one attached hydrogen (secondary N) is 2. The quantitative estimate of drug-likeness (QED) is 0.257. The average molecular weight is 523 g/mol. The lowest BCUT2D eigenvalue weighted by atomic mass is 10.00. The Morgan fingerprint density at radius 1 is 0.590 bits per heavy atom. The molecule has 0 spiro atoms. The Kier molecular flexibility index (Phi) is 9.45. The summed E-state index contributed by atoms with van der Waals surface area (Å²) in [6, 6.07) is 33.6. The average Bonchev–Trinajstić information content (AvgIpc) is 2.97. The summed E-state index contributed by atoms with van der Waals surface area (Å²) in [6.07, 6.45) is -0.504. The highest BCUT2D eigenvalue weighted by molar-refractivity contribution is 5.89. The van der Waals surface area contributed by atoms with Crippen LogP contribution in [0.2, 0.25) is 0 Å². The van der Waals surface area contributed by atoms with Crippen molar-refractivity contribution in [3.05, 3.63) is 132 Å². The summed E-state index contributed by atoms with van der Waals surface area (Å²) >= 11 is 0. The molecule has 0 aliphatic rings. The predicted molar refractivity (Wildman–Crippen MR) is 149 cm³/mol. The minimum atomic E-state index is -1.18. The molecule has 39 heavy (non-hydrogen) atoms. The summed E-state index contributed by atoms with van der Waals surface area (Å²) in [5, 5.41) is 15.1. The summed E-state index contributed by atoms with van der Waals surface area (Å²) < 4.78 is 5.30. The van der Waals surface area contributed by atoms with Gasteiger partial charge in [-0.3, -0.25) is 4.79 Å². The van der Waals surface area contributed by atoms with Crippen molar-refractivity contribution in [1.29, 1.82) is 0 Å². The number of carboxylic acid groups (broad SMARTS) is 1. The van der Waals surface area contributed by atoms with Crippen molar-refractivity contribution in [3.8, 4) is 11.1 Å².